The van der Waals surface area contributed by atoms with Gasteiger partial charge in [-0.15, -0.1) is 11.6 Å². The van der Waals surface area contributed by atoms with Crippen molar-refractivity contribution in [1.29, 1.82) is 0 Å². The molecule has 1 heterocycles. The molecule has 0 aliphatic heterocycles. The molecular weight excluding hydrogens is 314 g/mol. The van der Waals surface area contributed by atoms with E-state index in [1.807, 2.05) is 0 Å². The summed E-state index contributed by atoms with van der Waals surface area (Å²) in [5, 5.41) is 9.34. The molecule has 1 N–H and O–H groups in total. The lowest BCUT2D eigenvalue weighted by molar-refractivity contribution is 0.149. The minimum absolute atomic E-state index is 0.00531. The zero-order valence-electron chi connectivity index (χ0n) is 6.27. The molecule has 6 heteroatoms. The summed E-state index contributed by atoms with van der Waals surface area (Å²) >= 11 is 7.06. The van der Waals surface area contributed by atoms with E-state index < -0.39 is 6.43 Å². The van der Waals surface area contributed by atoms with Crippen LogP contribution >= 0.6 is 34.2 Å². The first-order valence-corrected chi connectivity index (χ1v) is 4.89. The minimum atomic E-state index is -2.63. The van der Waals surface area contributed by atoms with Crippen molar-refractivity contribution in [3.8, 4) is 5.75 Å². The summed E-state index contributed by atoms with van der Waals surface area (Å²) < 4.78 is 24.6. The van der Waals surface area contributed by atoms with E-state index in [-0.39, 0.29) is 26.5 Å². The van der Waals surface area contributed by atoms with Gasteiger partial charge < -0.3 is 5.11 Å². The summed E-state index contributed by atoms with van der Waals surface area (Å²) in [6.07, 6.45) is -1.60. The van der Waals surface area contributed by atoms with E-state index >= 15 is 0 Å². The van der Waals surface area contributed by atoms with Gasteiger partial charge in [-0.05, 0) is 22.6 Å². The number of nitrogens with zero attached hydrogens (tertiary/aromatic N) is 1. The van der Waals surface area contributed by atoms with Crippen molar-refractivity contribution in [2.75, 3.05) is 0 Å². The van der Waals surface area contributed by atoms with Crippen LogP contribution in [0, 0.1) is 3.57 Å². The number of rotatable bonds is 2. The Morgan fingerprint density at radius 1 is 1.62 bits per heavy atom. The van der Waals surface area contributed by atoms with Crippen molar-refractivity contribution in [3.05, 3.63) is 21.0 Å². The van der Waals surface area contributed by atoms with Gasteiger partial charge in [0.25, 0.3) is 6.43 Å². The lowest BCUT2D eigenvalue weighted by atomic mass is 10.2. The van der Waals surface area contributed by atoms with Crippen LogP contribution in [-0.4, -0.2) is 10.1 Å². The van der Waals surface area contributed by atoms with Gasteiger partial charge >= 0.3 is 0 Å². The van der Waals surface area contributed by atoms with E-state index in [1.54, 1.807) is 22.6 Å². The number of hydrogen-bond donors (Lipinski definition) is 1. The van der Waals surface area contributed by atoms with Crippen LogP contribution in [0.2, 0.25) is 0 Å². The monoisotopic (exact) mass is 319 g/mol. The Morgan fingerprint density at radius 3 is 2.69 bits per heavy atom. The highest BCUT2D eigenvalue weighted by Crippen LogP contribution is 2.32. The maximum atomic E-state index is 12.3. The molecule has 2 nitrogen and oxygen atoms in total. The molecule has 72 valence electrons. The van der Waals surface area contributed by atoms with Crippen LogP contribution in [0.15, 0.2) is 6.20 Å². The van der Waals surface area contributed by atoms with E-state index in [9.17, 15) is 13.9 Å². The normalized spacial score (nSPS) is 10.8. The lowest BCUT2D eigenvalue weighted by Gasteiger charge is -2.06. The third kappa shape index (κ3) is 2.19. The lowest BCUT2D eigenvalue weighted by Crippen LogP contribution is -1.96. The molecule has 0 unspecified atom stereocenters. The molecule has 0 aromatic carbocycles. The molecule has 1 rings (SSSR count). The molecule has 0 amide bonds. The predicted molar refractivity (Wildman–Crippen MR) is 53.1 cm³/mol. The molecule has 0 saturated heterocycles. The Labute approximate surface area is 92.1 Å². The van der Waals surface area contributed by atoms with E-state index in [0.717, 1.165) is 6.20 Å². The molecule has 13 heavy (non-hydrogen) atoms. The van der Waals surface area contributed by atoms with E-state index in [0.29, 0.717) is 0 Å². The quantitative estimate of drug-likeness (QED) is 0.671. The van der Waals surface area contributed by atoms with E-state index in [1.165, 1.54) is 0 Å². The Balaban J connectivity index is 3.23. The van der Waals surface area contributed by atoms with Crippen molar-refractivity contribution >= 4 is 34.2 Å². The zero-order valence-corrected chi connectivity index (χ0v) is 9.18. The third-order valence-corrected chi connectivity index (χ3v) is 2.84. The van der Waals surface area contributed by atoms with Gasteiger partial charge in [-0.2, -0.15) is 0 Å². The van der Waals surface area contributed by atoms with Crippen LogP contribution in [0.1, 0.15) is 17.7 Å². The number of aromatic nitrogens is 1. The second-order valence-corrected chi connectivity index (χ2v) is 3.60. The summed E-state index contributed by atoms with van der Waals surface area (Å²) in [5.74, 6) is -0.251. The minimum Gasteiger partial charge on any atom is -0.505 e. The molecule has 0 bridgehead atoms. The van der Waals surface area contributed by atoms with Gasteiger partial charge in [-0.25, -0.2) is 8.78 Å². The van der Waals surface area contributed by atoms with Gasteiger partial charge in [-0.1, -0.05) is 0 Å². The van der Waals surface area contributed by atoms with Gasteiger partial charge in [0.1, 0.15) is 0 Å². The zero-order chi connectivity index (χ0) is 10.0. The average molecular weight is 319 g/mol. The van der Waals surface area contributed by atoms with Crippen LogP contribution in [-0.2, 0) is 5.88 Å². The Morgan fingerprint density at radius 2 is 2.23 bits per heavy atom. The third-order valence-electron chi connectivity index (χ3n) is 1.46. The largest absolute Gasteiger partial charge is 0.505 e. The SMILES string of the molecule is Oc1c(CCl)ncc(C(F)F)c1I. The van der Waals surface area contributed by atoms with Crippen LogP contribution in [0.5, 0.6) is 5.75 Å². The molecule has 1 aromatic heterocycles. The van der Waals surface area contributed by atoms with Crippen molar-refractivity contribution < 1.29 is 13.9 Å². The van der Waals surface area contributed by atoms with E-state index in [2.05, 4.69) is 4.98 Å². The van der Waals surface area contributed by atoms with Crippen LogP contribution in [0.4, 0.5) is 8.78 Å². The maximum absolute atomic E-state index is 12.3. The highest BCUT2D eigenvalue weighted by atomic mass is 127. The summed E-state index contributed by atoms with van der Waals surface area (Å²) in [4.78, 5) is 3.61. The topological polar surface area (TPSA) is 33.1 Å². The summed E-state index contributed by atoms with van der Waals surface area (Å²) in [5.41, 5.74) is -0.0533. The van der Waals surface area contributed by atoms with Crippen molar-refractivity contribution in [1.82, 2.24) is 4.98 Å². The van der Waals surface area contributed by atoms with Gasteiger partial charge in [0.2, 0.25) is 0 Å². The van der Waals surface area contributed by atoms with Crippen LogP contribution in [0.25, 0.3) is 0 Å². The molecule has 0 aliphatic carbocycles. The molecular formula is C7H5ClF2INO. The second-order valence-electron chi connectivity index (χ2n) is 2.26. The fourth-order valence-electron chi connectivity index (χ4n) is 0.779. The Bertz CT molecular complexity index is 322. The average Bonchev–Trinajstić information content (AvgIpc) is 2.09. The molecule has 1 aromatic rings. The smallest absolute Gasteiger partial charge is 0.266 e. The van der Waals surface area contributed by atoms with Gasteiger partial charge in [0, 0.05) is 6.20 Å². The first kappa shape index (κ1) is 10.9. The van der Waals surface area contributed by atoms with Crippen LogP contribution < -0.4 is 0 Å². The fraction of sp³-hybridized carbons (Fsp3) is 0.286. The number of halogens is 4. The number of pyridine rings is 1. The molecule has 0 fully saturated rings. The molecule has 0 aliphatic rings. The number of alkyl halides is 3. The molecule has 0 atom stereocenters. The summed E-state index contributed by atoms with van der Waals surface area (Å²) in [6.45, 7) is 0. The number of hydrogen-bond acceptors (Lipinski definition) is 2. The van der Waals surface area contributed by atoms with Crippen molar-refractivity contribution in [3.63, 3.8) is 0 Å². The van der Waals surface area contributed by atoms with Gasteiger partial charge in [0.15, 0.2) is 5.75 Å². The Hall–Kier alpha value is -0.170. The molecule has 0 radical (unpaired) electrons. The number of aromatic hydroxyl groups is 1. The first-order chi connectivity index (χ1) is 6.07. The maximum Gasteiger partial charge on any atom is 0.266 e. The Kier molecular flexibility index (Phi) is 3.66. The highest BCUT2D eigenvalue weighted by Gasteiger charge is 2.17. The van der Waals surface area contributed by atoms with Gasteiger partial charge in [0.05, 0.1) is 20.7 Å². The van der Waals surface area contributed by atoms with Gasteiger partial charge in [-0.3, -0.25) is 4.98 Å². The van der Waals surface area contributed by atoms with Crippen molar-refractivity contribution in [2.45, 2.75) is 12.3 Å². The van der Waals surface area contributed by atoms with Crippen molar-refractivity contribution in [2.24, 2.45) is 0 Å². The summed E-state index contributed by atoms with van der Waals surface area (Å²) in [7, 11) is 0. The molecule has 0 spiro atoms. The fourth-order valence-corrected chi connectivity index (χ4v) is 1.66. The molecule has 0 saturated carbocycles. The van der Waals surface area contributed by atoms with E-state index in [4.69, 9.17) is 11.6 Å². The standard InChI is InChI=1S/C7H5ClF2INO/c8-1-4-6(13)5(11)3(2-12-4)7(9)10/h2,7,13H,1H2. The second kappa shape index (κ2) is 4.36. The first-order valence-electron chi connectivity index (χ1n) is 3.28. The summed E-state index contributed by atoms with van der Waals surface area (Å²) in [6, 6.07) is 0. The predicted octanol–water partition coefficient (Wildman–Crippen LogP) is 3.07. The van der Waals surface area contributed by atoms with Crippen LogP contribution in [0.3, 0.4) is 0 Å². The highest BCUT2D eigenvalue weighted by molar-refractivity contribution is 14.1.